The van der Waals surface area contributed by atoms with Gasteiger partial charge in [0, 0.05) is 0 Å². The molecule has 1 atom stereocenters. The van der Waals surface area contributed by atoms with Gasteiger partial charge in [-0.05, 0) is 43.5 Å². The molecule has 0 spiro atoms. The Morgan fingerprint density at radius 1 is 1.10 bits per heavy atom. The van der Waals surface area contributed by atoms with E-state index in [1.165, 1.54) is 11.1 Å². The molecule has 20 heavy (non-hydrogen) atoms. The summed E-state index contributed by atoms with van der Waals surface area (Å²) in [5, 5.41) is 12.2. The number of aryl methyl sites for hydroxylation is 2. The average molecular weight is 269 g/mol. The van der Waals surface area contributed by atoms with Crippen molar-refractivity contribution in [1.82, 2.24) is 15.5 Å². The van der Waals surface area contributed by atoms with Crippen LogP contribution in [0.1, 0.15) is 48.8 Å². The normalized spacial score (nSPS) is 12.3. The summed E-state index contributed by atoms with van der Waals surface area (Å²) in [6, 6.07) is 12.9. The number of benzene rings is 1. The zero-order chi connectivity index (χ0) is 14.4. The van der Waals surface area contributed by atoms with Crippen molar-refractivity contribution in [1.29, 1.82) is 0 Å². The number of nitrogens with one attached hydrogen (secondary N) is 1. The lowest BCUT2D eigenvalue weighted by Gasteiger charge is -2.21. The molecule has 2 rings (SSSR count). The third kappa shape index (κ3) is 3.42. The van der Waals surface area contributed by atoms with Crippen molar-refractivity contribution in [3.05, 3.63) is 58.9 Å². The second-order valence-electron chi connectivity index (χ2n) is 5.04. The summed E-state index contributed by atoms with van der Waals surface area (Å²) in [7, 11) is 0. The molecule has 0 aliphatic rings. The number of aromatic nitrogens is 2. The van der Waals surface area contributed by atoms with E-state index in [-0.39, 0.29) is 6.04 Å². The average Bonchev–Trinajstić information content (AvgIpc) is 2.49. The Morgan fingerprint density at radius 2 is 1.85 bits per heavy atom. The zero-order valence-corrected chi connectivity index (χ0v) is 12.6. The van der Waals surface area contributed by atoms with E-state index in [0.29, 0.717) is 0 Å². The molecule has 0 saturated heterocycles. The quantitative estimate of drug-likeness (QED) is 0.873. The van der Waals surface area contributed by atoms with E-state index in [4.69, 9.17) is 0 Å². The Balaban J connectivity index is 2.43. The third-order valence-corrected chi connectivity index (χ3v) is 3.40. The fraction of sp³-hybridized carbons (Fsp3) is 0.412. The van der Waals surface area contributed by atoms with Crippen LogP contribution >= 0.6 is 0 Å². The molecule has 0 radical (unpaired) electrons. The van der Waals surface area contributed by atoms with E-state index in [0.717, 1.165) is 30.8 Å². The van der Waals surface area contributed by atoms with Gasteiger partial charge in [0.2, 0.25) is 0 Å². The van der Waals surface area contributed by atoms with Gasteiger partial charge in [-0.25, -0.2) is 0 Å². The molecule has 0 aliphatic carbocycles. The first-order chi connectivity index (χ1) is 9.76. The maximum Gasteiger partial charge on any atom is 0.0679 e. The van der Waals surface area contributed by atoms with E-state index in [9.17, 15) is 0 Å². The van der Waals surface area contributed by atoms with Gasteiger partial charge in [0.05, 0.1) is 17.4 Å². The van der Waals surface area contributed by atoms with Crippen LogP contribution in [-0.4, -0.2) is 16.7 Å². The summed E-state index contributed by atoms with van der Waals surface area (Å²) in [4.78, 5) is 0. The first-order valence-electron chi connectivity index (χ1n) is 7.37. The molecule has 106 valence electrons. The van der Waals surface area contributed by atoms with Gasteiger partial charge in [-0.2, -0.15) is 10.2 Å². The van der Waals surface area contributed by atoms with Gasteiger partial charge in [-0.3, -0.25) is 0 Å². The van der Waals surface area contributed by atoms with E-state index in [1.807, 2.05) is 6.92 Å². The predicted octanol–water partition coefficient (Wildman–Crippen LogP) is 3.44. The van der Waals surface area contributed by atoms with E-state index >= 15 is 0 Å². The van der Waals surface area contributed by atoms with Crippen molar-refractivity contribution >= 4 is 0 Å². The molecular formula is C17H23N3. The van der Waals surface area contributed by atoms with Gasteiger partial charge >= 0.3 is 0 Å². The topological polar surface area (TPSA) is 37.8 Å². The molecule has 1 unspecified atom stereocenters. The molecule has 0 fully saturated rings. The van der Waals surface area contributed by atoms with Crippen LogP contribution < -0.4 is 5.32 Å². The van der Waals surface area contributed by atoms with Gasteiger partial charge in [-0.1, -0.05) is 44.2 Å². The Morgan fingerprint density at radius 3 is 2.50 bits per heavy atom. The SMILES string of the molecule is CCCNC(c1ccccc1)c1cc(C)nnc1CC. The first kappa shape index (κ1) is 14.7. The third-order valence-electron chi connectivity index (χ3n) is 3.40. The van der Waals surface area contributed by atoms with Gasteiger partial charge in [-0.15, -0.1) is 0 Å². The summed E-state index contributed by atoms with van der Waals surface area (Å²) in [6.07, 6.45) is 2.02. The molecule has 1 aromatic carbocycles. The second kappa shape index (κ2) is 7.15. The van der Waals surface area contributed by atoms with Crippen LogP contribution in [0.5, 0.6) is 0 Å². The minimum Gasteiger partial charge on any atom is -0.306 e. The van der Waals surface area contributed by atoms with Crippen LogP contribution in [0.3, 0.4) is 0 Å². The summed E-state index contributed by atoms with van der Waals surface area (Å²) in [5.41, 5.74) is 4.58. The summed E-state index contributed by atoms with van der Waals surface area (Å²) < 4.78 is 0. The predicted molar refractivity (Wildman–Crippen MR) is 82.7 cm³/mol. The van der Waals surface area contributed by atoms with E-state index in [1.54, 1.807) is 0 Å². The Hall–Kier alpha value is -1.74. The molecule has 0 bridgehead atoms. The summed E-state index contributed by atoms with van der Waals surface area (Å²) >= 11 is 0. The maximum absolute atomic E-state index is 4.36. The molecule has 0 aliphatic heterocycles. The lowest BCUT2D eigenvalue weighted by molar-refractivity contribution is 0.588. The van der Waals surface area contributed by atoms with Crippen LogP contribution in [0.25, 0.3) is 0 Å². The number of hydrogen-bond donors (Lipinski definition) is 1. The van der Waals surface area contributed by atoms with Crippen LogP contribution in [0, 0.1) is 6.92 Å². The van der Waals surface area contributed by atoms with Crippen LogP contribution in [-0.2, 0) is 6.42 Å². The molecule has 0 amide bonds. The molecule has 1 heterocycles. The van der Waals surface area contributed by atoms with Crippen LogP contribution in [0.15, 0.2) is 36.4 Å². The smallest absolute Gasteiger partial charge is 0.0679 e. The molecule has 0 saturated carbocycles. The highest BCUT2D eigenvalue weighted by Crippen LogP contribution is 2.24. The standard InChI is InChI=1S/C17H23N3/c1-4-11-18-17(14-9-7-6-8-10-14)15-12-13(3)19-20-16(15)5-2/h6-10,12,17-18H,4-5,11H2,1-3H3. The highest BCUT2D eigenvalue weighted by molar-refractivity contribution is 5.34. The Kier molecular flexibility index (Phi) is 5.24. The Bertz CT molecular complexity index is 537. The Labute approximate surface area is 121 Å². The van der Waals surface area contributed by atoms with Crippen LogP contribution in [0.2, 0.25) is 0 Å². The fourth-order valence-corrected chi connectivity index (χ4v) is 2.40. The zero-order valence-electron chi connectivity index (χ0n) is 12.6. The number of hydrogen-bond acceptors (Lipinski definition) is 3. The molecule has 1 N–H and O–H groups in total. The van der Waals surface area contributed by atoms with Crippen molar-refractivity contribution in [2.24, 2.45) is 0 Å². The molecule has 3 nitrogen and oxygen atoms in total. The van der Waals surface area contributed by atoms with Crippen molar-refractivity contribution in [3.8, 4) is 0 Å². The minimum absolute atomic E-state index is 0.195. The molecule has 1 aromatic heterocycles. The second-order valence-corrected chi connectivity index (χ2v) is 5.04. The van der Waals surface area contributed by atoms with Gasteiger partial charge < -0.3 is 5.32 Å². The maximum atomic E-state index is 4.36. The van der Waals surface area contributed by atoms with Gasteiger partial charge in [0.1, 0.15) is 0 Å². The molecule has 2 aromatic rings. The van der Waals surface area contributed by atoms with E-state index < -0.39 is 0 Å². The summed E-state index contributed by atoms with van der Waals surface area (Å²) in [6.45, 7) is 7.30. The van der Waals surface area contributed by atoms with Crippen molar-refractivity contribution in [3.63, 3.8) is 0 Å². The van der Waals surface area contributed by atoms with Crippen molar-refractivity contribution in [2.75, 3.05) is 6.54 Å². The summed E-state index contributed by atoms with van der Waals surface area (Å²) in [5.74, 6) is 0. The largest absolute Gasteiger partial charge is 0.306 e. The van der Waals surface area contributed by atoms with Crippen LogP contribution in [0.4, 0.5) is 0 Å². The van der Waals surface area contributed by atoms with Gasteiger partial charge in [0.25, 0.3) is 0 Å². The minimum atomic E-state index is 0.195. The lowest BCUT2D eigenvalue weighted by atomic mass is 9.96. The molecular weight excluding hydrogens is 246 g/mol. The molecule has 3 heteroatoms. The number of nitrogens with zero attached hydrogens (tertiary/aromatic N) is 2. The highest BCUT2D eigenvalue weighted by atomic mass is 15.1. The first-order valence-corrected chi connectivity index (χ1v) is 7.37. The van der Waals surface area contributed by atoms with E-state index in [2.05, 4.69) is 65.8 Å². The van der Waals surface area contributed by atoms with Crippen molar-refractivity contribution in [2.45, 2.75) is 39.7 Å². The highest BCUT2D eigenvalue weighted by Gasteiger charge is 2.17. The monoisotopic (exact) mass is 269 g/mol. The fourth-order valence-electron chi connectivity index (χ4n) is 2.40. The van der Waals surface area contributed by atoms with Gasteiger partial charge in [0.15, 0.2) is 0 Å². The lowest BCUT2D eigenvalue weighted by Crippen LogP contribution is -2.25. The van der Waals surface area contributed by atoms with Crippen molar-refractivity contribution < 1.29 is 0 Å². The number of rotatable bonds is 6.